The third kappa shape index (κ3) is 2.96. The number of pyridine rings is 1. The second-order valence-electron chi connectivity index (χ2n) is 5.56. The average molecular weight is 296 g/mol. The molecule has 114 valence electrons. The molecule has 1 N–H and O–H groups in total. The second kappa shape index (κ2) is 6.18. The number of hydrogen-bond donors (Lipinski definition) is 1. The molecule has 4 nitrogen and oxygen atoms in total. The number of rotatable bonds is 6. The molecule has 0 unspecified atom stereocenters. The Kier molecular flexibility index (Phi) is 4.09. The molecule has 22 heavy (non-hydrogen) atoms. The van der Waals surface area contributed by atoms with E-state index in [-0.39, 0.29) is 5.91 Å². The fourth-order valence-corrected chi connectivity index (χ4v) is 2.63. The van der Waals surface area contributed by atoms with Crippen LogP contribution in [0.3, 0.4) is 0 Å². The van der Waals surface area contributed by atoms with Crippen molar-refractivity contribution < 1.29 is 9.53 Å². The first-order valence-electron chi connectivity index (χ1n) is 7.66. The highest BCUT2D eigenvalue weighted by Crippen LogP contribution is 2.47. The van der Waals surface area contributed by atoms with Gasteiger partial charge in [-0.15, -0.1) is 0 Å². The monoisotopic (exact) mass is 296 g/mol. The Morgan fingerprint density at radius 1 is 1.27 bits per heavy atom. The van der Waals surface area contributed by atoms with E-state index in [0.29, 0.717) is 13.2 Å². The van der Waals surface area contributed by atoms with Crippen LogP contribution in [0.15, 0.2) is 48.7 Å². The molecule has 1 heterocycles. The summed E-state index contributed by atoms with van der Waals surface area (Å²) in [6.45, 7) is 3.10. The summed E-state index contributed by atoms with van der Waals surface area (Å²) < 4.78 is 5.48. The van der Waals surface area contributed by atoms with Gasteiger partial charge in [-0.3, -0.25) is 9.78 Å². The zero-order chi connectivity index (χ0) is 15.4. The molecule has 1 saturated carbocycles. The summed E-state index contributed by atoms with van der Waals surface area (Å²) in [6.07, 6.45) is 3.48. The number of nitrogens with zero attached hydrogens (tertiary/aromatic N) is 1. The van der Waals surface area contributed by atoms with Gasteiger partial charge in [0.2, 0.25) is 5.91 Å². The molecular weight excluding hydrogens is 276 g/mol. The number of ether oxygens (including phenoxy) is 1. The van der Waals surface area contributed by atoms with Gasteiger partial charge in [-0.1, -0.05) is 18.2 Å². The Balaban J connectivity index is 1.64. The molecule has 4 heteroatoms. The van der Waals surface area contributed by atoms with Gasteiger partial charge < -0.3 is 10.1 Å². The SMILES string of the molecule is CCOc1cccc(CNC(=O)C2(c3ccccn3)CC2)c1. The Morgan fingerprint density at radius 2 is 2.14 bits per heavy atom. The van der Waals surface area contributed by atoms with E-state index >= 15 is 0 Å². The van der Waals surface area contributed by atoms with Crippen molar-refractivity contribution in [3.05, 3.63) is 59.9 Å². The van der Waals surface area contributed by atoms with Crippen LogP contribution in [0.1, 0.15) is 31.0 Å². The van der Waals surface area contributed by atoms with Crippen LogP contribution in [0.2, 0.25) is 0 Å². The number of carbonyl (C=O) groups is 1. The average Bonchev–Trinajstić information content (AvgIpc) is 3.36. The van der Waals surface area contributed by atoms with Crippen LogP contribution in [0, 0.1) is 0 Å². The maximum absolute atomic E-state index is 12.5. The third-order valence-corrected chi connectivity index (χ3v) is 4.00. The van der Waals surface area contributed by atoms with E-state index in [1.165, 1.54) is 0 Å². The number of benzene rings is 1. The van der Waals surface area contributed by atoms with Crippen LogP contribution in [-0.2, 0) is 16.8 Å². The highest BCUT2D eigenvalue weighted by Gasteiger charge is 2.52. The Bertz CT molecular complexity index is 651. The lowest BCUT2D eigenvalue weighted by molar-refractivity contribution is -0.123. The molecular formula is C18H20N2O2. The van der Waals surface area contributed by atoms with Crippen LogP contribution >= 0.6 is 0 Å². The predicted octanol–water partition coefficient (Wildman–Crippen LogP) is 2.83. The van der Waals surface area contributed by atoms with E-state index < -0.39 is 5.41 Å². The Morgan fingerprint density at radius 3 is 2.82 bits per heavy atom. The molecule has 0 aliphatic heterocycles. The van der Waals surface area contributed by atoms with Gasteiger partial charge >= 0.3 is 0 Å². The zero-order valence-corrected chi connectivity index (χ0v) is 12.7. The van der Waals surface area contributed by atoms with E-state index in [1.54, 1.807) is 6.20 Å². The van der Waals surface area contributed by atoms with E-state index in [4.69, 9.17) is 4.74 Å². The maximum Gasteiger partial charge on any atom is 0.232 e. The molecule has 1 fully saturated rings. The van der Waals surface area contributed by atoms with Gasteiger partial charge in [-0.2, -0.15) is 0 Å². The first-order valence-corrected chi connectivity index (χ1v) is 7.66. The van der Waals surface area contributed by atoms with E-state index in [2.05, 4.69) is 10.3 Å². The fraction of sp³-hybridized carbons (Fsp3) is 0.333. The van der Waals surface area contributed by atoms with Gasteiger partial charge in [-0.05, 0) is 49.6 Å². The Labute approximate surface area is 130 Å². The summed E-state index contributed by atoms with van der Waals surface area (Å²) in [7, 11) is 0. The minimum absolute atomic E-state index is 0.0630. The summed E-state index contributed by atoms with van der Waals surface area (Å²) in [6, 6.07) is 13.6. The molecule has 2 aromatic rings. The second-order valence-corrected chi connectivity index (χ2v) is 5.56. The molecule has 0 spiro atoms. The number of hydrogen-bond acceptors (Lipinski definition) is 3. The molecule has 3 rings (SSSR count). The number of amides is 1. The quantitative estimate of drug-likeness (QED) is 0.892. The van der Waals surface area contributed by atoms with Gasteiger partial charge in [0.25, 0.3) is 0 Å². The van der Waals surface area contributed by atoms with Gasteiger partial charge in [-0.25, -0.2) is 0 Å². The summed E-state index contributed by atoms with van der Waals surface area (Å²) in [5.74, 6) is 0.896. The lowest BCUT2D eigenvalue weighted by Crippen LogP contribution is -2.34. The number of aromatic nitrogens is 1. The lowest BCUT2D eigenvalue weighted by Gasteiger charge is -2.15. The van der Waals surface area contributed by atoms with Crippen LogP contribution in [0.5, 0.6) is 5.75 Å². The van der Waals surface area contributed by atoms with Crippen molar-refractivity contribution in [1.29, 1.82) is 0 Å². The molecule has 0 atom stereocenters. The molecule has 1 aliphatic carbocycles. The van der Waals surface area contributed by atoms with E-state index in [9.17, 15) is 4.79 Å². The van der Waals surface area contributed by atoms with Gasteiger partial charge in [0.05, 0.1) is 17.7 Å². The van der Waals surface area contributed by atoms with Crippen molar-refractivity contribution in [1.82, 2.24) is 10.3 Å². The van der Waals surface area contributed by atoms with Crippen molar-refractivity contribution in [2.24, 2.45) is 0 Å². The first-order chi connectivity index (χ1) is 10.7. The summed E-state index contributed by atoms with van der Waals surface area (Å²) >= 11 is 0. The maximum atomic E-state index is 12.5. The first kappa shape index (κ1) is 14.6. The summed E-state index contributed by atoms with van der Waals surface area (Å²) in [4.78, 5) is 16.9. The lowest BCUT2D eigenvalue weighted by atomic mass is 10.0. The standard InChI is InChI=1S/C18H20N2O2/c1-2-22-15-7-5-6-14(12-15)13-20-17(21)18(9-10-18)16-8-3-4-11-19-16/h3-8,11-12H,2,9-10,13H2,1H3,(H,20,21). The predicted molar refractivity (Wildman–Crippen MR) is 84.6 cm³/mol. The van der Waals surface area contributed by atoms with Gasteiger partial charge in [0.1, 0.15) is 5.75 Å². The largest absolute Gasteiger partial charge is 0.494 e. The smallest absolute Gasteiger partial charge is 0.232 e. The molecule has 0 bridgehead atoms. The highest BCUT2D eigenvalue weighted by atomic mass is 16.5. The van der Waals surface area contributed by atoms with Crippen molar-refractivity contribution in [2.75, 3.05) is 6.61 Å². The molecule has 0 radical (unpaired) electrons. The molecule has 1 amide bonds. The topological polar surface area (TPSA) is 51.2 Å². The van der Waals surface area contributed by atoms with Crippen LogP contribution in [0.4, 0.5) is 0 Å². The van der Waals surface area contributed by atoms with Gasteiger partial charge in [0, 0.05) is 12.7 Å². The molecule has 1 aromatic heterocycles. The van der Waals surface area contributed by atoms with Crippen molar-refractivity contribution in [2.45, 2.75) is 31.7 Å². The van der Waals surface area contributed by atoms with Crippen LogP contribution in [-0.4, -0.2) is 17.5 Å². The van der Waals surface area contributed by atoms with Crippen molar-refractivity contribution >= 4 is 5.91 Å². The summed E-state index contributed by atoms with van der Waals surface area (Å²) in [5, 5.41) is 3.04. The third-order valence-electron chi connectivity index (χ3n) is 4.00. The van der Waals surface area contributed by atoms with E-state index in [0.717, 1.165) is 29.8 Å². The van der Waals surface area contributed by atoms with E-state index in [1.807, 2.05) is 49.4 Å². The fourth-order valence-electron chi connectivity index (χ4n) is 2.63. The van der Waals surface area contributed by atoms with Crippen molar-refractivity contribution in [3.63, 3.8) is 0 Å². The van der Waals surface area contributed by atoms with Crippen LogP contribution in [0.25, 0.3) is 0 Å². The minimum atomic E-state index is -0.418. The highest BCUT2D eigenvalue weighted by molar-refractivity contribution is 5.90. The zero-order valence-electron chi connectivity index (χ0n) is 12.7. The summed E-state index contributed by atoms with van der Waals surface area (Å²) in [5.41, 5.74) is 1.49. The molecule has 1 aromatic carbocycles. The number of carbonyl (C=O) groups excluding carboxylic acids is 1. The van der Waals surface area contributed by atoms with Gasteiger partial charge in [0.15, 0.2) is 0 Å². The molecule has 1 aliphatic rings. The minimum Gasteiger partial charge on any atom is -0.494 e. The number of nitrogens with one attached hydrogen (secondary N) is 1. The van der Waals surface area contributed by atoms with Crippen molar-refractivity contribution in [3.8, 4) is 5.75 Å². The Hall–Kier alpha value is -2.36. The van der Waals surface area contributed by atoms with Crippen LogP contribution < -0.4 is 10.1 Å². The molecule has 0 saturated heterocycles. The normalized spacial score (nSPS) is 15.1.